The van der Waals surface area contributed by atoms with Gasteiger partial charge < -0.3 is 5.73 Å². The molecular formula is C12H25N3O2S. The third-order valence-electron chi connectivity index (χ3n) is 4.07. The molecule has 1 aliphatic carbocycles. The first-order chi connectivity index (χ1) is 8.38. The van der Waals surface area contributed by atoms with Crippen LogP contribution < -0.4 is 10.5 Å². The van der Waals surface area contributed by atoms with E-state index in [1.54, 1.807) is 4.31 Å². The lowest BCUT2D eigenvalue weighted by Gasteiger charge is -2.28. The molecule has 0 aromatic heterocycles. The second kappa shape index (κ2) is 5.45. The van der Waals surface area contributed by atoms with Crippen LogP contribution in [0.4, 0.5) is 0 Å². The average Bonchev–Trinajstić information content (AvgIpc) is 2.70. The first kappa shape index (κ1) is 14.2. The van der Waals surface area contributed by atoms with E-state index in [0.29, 0.717) is 37.4 Å². The standard InChI is InChI=1S/C12H25N3O2S/c1-9(2)6-14-18(16,17)15-7-10-3-4-12(13)5-11(10)8-15/h9-12,14H,3-8,13H2,1-2H3/t10-,11+,12?/m1/s1. The zero-order valence-corrected chi connectivity index (χ0v) is 12.1. The molecule has 1 saturated heterocycles. The summed E-state index contributed by atoms with van der Waals surface area (Å²) in [5.41, 5.74) is 5.96. The highest BCUT2D eigenvalue weighted by atomic mass is 32.2. The number of hydrogen-bond acceptors (Lipinski definition) is 3. The summed E-state index contributed by atoms with van der Waals surface area (Å²) in [7, 11) is -3.29. The summed E-state index contributed by atoms with van der Waals surface area (Å²) in [5, 5.41) is 0. The molecule has 18 heavy (non-hydrogen) atoms. The van der Waals surface area contributed by atoms with Gasteiger partial charge in [0.05, 0.1) is 0 Å². The van der Waals surface area contributed by atoms with Gasteiger partial charge in [-0.1, -0.05) is 13.8 Å². The molecule has 6 heteroatoms. The SMILES string of the molecule is CC(C)CNS(=O)(=O)N1C[C@H]2CCC(N)C[C@H]2C1. The van der Waals surface area contributed by atoms with E-state index in [0.717, 1.165) is 19.3 Å². The van der Waals surface area contributed by atoms with Crippen molar-refractivity contribution >= 4 is 10.2 Å². The van der Waals surface area contributed by atoms with Crippen molar-refractivity contribution in [3.05, 3.63) is 0 Å². The van der Waals surface area contributed by atoms with Crippen LogP contribution in [0.5, 0.6) is 0 Å². The molecule has 0 radical (unpaired) electrons. The lowest BCUT2D eigenvalue weighted by atomic mass is 9.79. The number of hydrogen-bond donors (Lipinski definition) is 2. The lowest BCUT2D eigenvalue weighted by molar-refractivity contribution is 0.271. The van der Waals surface area contributed by atoms with Gasteiger partial charge in [0.15, 0.2) is 0 Å². The lowest BCUT2D eigenvalue weighted by Crippen LogP contribution is -2.41. The van der Waals surface area contributed by atoms with Gasteiger partial charge in [0.25, 0.3) is 10.2 Å². The third kappa shape index (κ3) is 3.23. The van der Waals surface area contributed by atoms with Crippen molar-refractivity contribution < 1.29 is 8.42 Å². The van der Waals surface area contributed by atoms with Crippen molar-refractivity contribution in [3.8, 4) is 0 Å². The van der Waals surface area contributed by atoms with E-state index in [1.807, 2.05) is 13.8 Å². The fraction of sp³-hybridized carbons (Fsp3) is 1.00. The van der Waals surface area contributed by atoms with E-state index in [4.69, 9.17) is 5.73 Å². The summed E-state index contributed by atoms with van der Waals surface area (Å²) in [5.74, 6) is 1.31. The van der Waals surface area contributed by atoms with Crippen LogP contribution in [0.25, 0.3) is 0 Å². The topological polar surface area (TPSA) is 75.4 Å². The second-order valence-electron chi connectivity index (χ2n) is 6.16. The Balaban J connectivity index is 1.95. The van der Waals surface area contributed by atoms with Crippen LogP contribution in [-0.2, 0) is 10.2 Å². The Bertz CT molecular complexity index is 383. The fourth-order valence-electron chi connectivity index (χ4n) is 2.98. The van der Waals surface area contributed by atoms with Gasteiger partial charge in [-0.25, -0.2) is 4.72 Å². The van der Waals surface area contributed by atoms with Gasteiger partial charge in [-0.05, 0) is 37.0 Å². The van der Waals surface area contributed by atoms with Crippen molar-refractivity contribution in [2.75, 3.05) is 19.6 Å². The number of fused-ring (bicyclic) bond motifs is 1. The zero-order valence-electron chi connectivity index (χ0n) is 11.3. The highest BCUT2D eigenvalue weighted by Gasteiger charge is 2.41. The molecule has 2 aliphatic rings. The third-order valence-corrected chi connectivity index (χ3v) is 5.58. The summed E-state index contributed by atoms with van der Waals surface area (Å²) in [6.45, 7) is 5.83. The van der Waals surface area contributed by atoms with Crippen LogP contribution in [0.1, 0.15) is 33.1 Å². The van der Waals surface area contributed by atoms with Gasteiger partial charge in [-0.3, -0.25) is 0 Å². The Morgan fingerprint density at radius 1 is 1.28 bits per heavy atom. The monoisotopic (exact) mass is 275 g/mol. The highest BCUT2D eigenvalue weighted by Crippen LogP contribution is 2.36. The van der Waals surface area contributed by atoms with Crippen LogP contribution in [0.15, 0.2) is 0 Å². The molecule has 0 aromatic carbocycles. The molecule has 0 aromatic rings. The van der Waals surface area contributed by atoms with Gasteiger partial charge >= 0.3 is 0 Å². The van der Waals surface area contributed by atoms with Crippen LogP contribution in [0.2, 0.25) is 0 Å². The molecule has 0 bridgehead atoms. The van der Waals surface area contributed by atoms with Crippen molar-refractivity contribution in [1.29, 1.82) is 0 Å². The highest BCUT2D eigenvalue weighted by molar-refractivity contribution is 7.87. The molecule has 1 saturated carbocycles. The van der Waals surface area contributed by atoms with Crippen LogP contribution in [0, 0.1) is 17.8 Å². The Hall–Kier alpha value is -0.170. The van der Waals surface area contributed by atoms with E-state index in [2.05, 4.69) is 4.72 Å². The van der Waals surface area contributed by atoms with E-state index in [-0.39, 0.29) is 6.04 Å². The van der Waals surface area contributed by atoms with Gasteiger partial charge in [-0.15, -0.1) is 0 Å². The zero-order chi connectivity index (χ0) is 13.3. The molecule has 3 N–H and O–H groups in total. The normalized spacial score (nSPS) is 33.9. The predicted octanol–water partition coefficient (Wildman–Crippen LogP) is 0.536. The first-order valence-electron chi connectivity index (χ1n) is 6.89. The predicted molar refractivity (Wildman–Crippen MR) is 72.1 cm³/mol. The van der Waals surface area contributed by atoms with Crippen LogP contribution in [0.3, 0.4) is 0 Å². The summed E-state index contributed by atoms with van der Waals surface area (Å²) >= 11 is 0. The molecule has 1 unspecified atom stereocenters. The number of nitrogens with zero attached hydrogens (tertiary/aromatic N) is 1. The molecule has 5 nitrogen and oxygen atoms in total. The maximum absolute atomic E-state index is 12.1. The van der Waals surface area contributed by atoms with E-state index < -0.39 is 10.2 Å². The van der Waals surface area contributed by atoms with Crippen LogP contribution in [-0.4, -0.2) is 38.4 Å². The van der Waals surface area contributed by atoms with E-state index in [9.17, 15) is 8.42 Å². The summed E-state index contributed by atoms with van der Waals surface area (Å²) in [6.07, 6.45) is 3.08. The summed E-state index contributed by atoms with van der Waals surface area (Å²) in [4.78, 5) is 0. The minimum Gasteiger partial charge on any atom is -0.328 e. The maximum Gasteiger partial charge on any atom is 0.279 e. The Morgan fingerprint density at radius 3 is 2.61 bits per heavy atom. The summed E-state index contributed by atoms with van der Waals surface area (Å²) < 4.78 is 28.6. The second-order valence-corrected chi connectivity index (χ2v) is 7.91. The van der Waals surface area contributed by atoms with Crippen molar-refractivity contribution in [1.82, 2.24) is 9.03 Å². The van der Waals surface area contributed by atoms with E-state index in [1.165, 1.54) is 0 Å². The quantitative estimate of drug-likeness (QED) is 0.786. The smallest absolute Gasteiger partial charge is 0.279 e. The maximum atomic E-state index is 12.1. The number of nitrogens with one attached hydrogen (secondary N) is 1. The van der Waals surface area contributed by atoms with Crippen LogP contribution >= 0.6 is 0 Å². The fourth-order valence-corrected chi connectivity index (χ4v) is 4.49. The minimum absolute atomic E-state index is 0.262. The van der Waals surface area contributed by atoms with E-state index >= 15 is 0 Å². The molecule has 1 aliphatic heterocycles. The molecular weight excluding hydrogens is 250 g/mol. The van der Waals surface area contributed by atoms with Gasteiger partial charge in [-0.2, -0.15) is 12.7 Å². The molecule has 1 heterocycles. The largest absolute Gasteiger partial charge is 0.328 e. The van der Waals surface area contributed by atoms with Crippen molar-refractivity contribution in [3.63, 3.8) is 0 Å². The van der Waals surface area contributed by atoms with Crippen molar-refractivity contribution in [2.24, 2.45) is 23.5 Å². The minimum atomic E-state index is -3.29. The summed E-state index contributed by atoms with van der Waals surface area (Å²) in [6, 6.07) is 0.262. The Kier molecular flexibility index (Phi) is 4.31. The first-order valence-corrected chi connectivity index (χ1v) is 8.33. The van der Waals surface area contributed by atoms with Gasteiger partial charge in [0.2, 0.25) is 0 Å². The Labute approximate surface area is 110 Å². The molecule has 0 amide bonds. The van der Waals surface area contributed by atoms with Gasteiger partial charge in [0.1, 0.15) is 0 Å². The molecule has 106 valence electrons. The Morgan fingerprint density at radius 2 is 1.94 bits per heavy atom. The molecule has 3 atom stereocenters. The van der Waals surface area contributed by atoms with Gasteiger partial charge in [0, 0.05) is 25.7 Å². The van der Waals surface area contributed by atoms with Crippen molar-refractivity contribution in [2.45, 2.75) is 39.2 Å². The molecule has 2 fully saturated rings. The average molecular weight is 275 g/mol. The molecule has 2 rings (SSSR count). The number of rotatable bonds is 4. The number of nitrogens with two attached hydrogens (primary N) is 1. The molecule has 0 spiro atoms.